The fraction of sp³-hybridized carbons (Fsp3) is 0.154. The Morgan fingerprint density at radius 2 is 2.00 bits per heavy atom. The summed E-state index contributed by atoms with van der Waals surface area (Å²) in [5, 5.41) is 3.00. The third-order valence-electron chi connectivity index (χ3n) is 2.83. The number of aromatic nitrogens is 3. The summed E-state index contributed by atoms with van der Waals surface area (Å²) in [6.45, 7) is 2.00. The summed E-state index contributed by atoms with van der Waals surface area (Å²) in [5.74, 6) is 0.796. The van der Waals surface area contributed by atoms with Crippen LogP contribution in [-0.4, -0.2) is 23.4 Å². The van der Waals surface area contributed by atoms with Crippen molar-refractivity contribution in [1.29, 1.82) is 0 Å². The number of oxazole rings is 1. The summed E-state index contributed by atoms with van der Waals surface area (Å²) in [4.78, 5) is 12.3. The van der Waals surface area contributed by atoms with Crippen LogP contribution in [0.15, 0.2) is 34.7 Å². The Balaban J connectivity index is 1.77. The number of para-hydroxylation sites is 2. The number of hydrogen-bond donors (Lipinski definition) is 2. The lowest BCUT2D eigenvalue weighted by molar-refractivity contribution is 0.540. The lowest BCUT2D eigenvalue weighted by Gasteiger charge is -2.07. The van der Waals surface area contributed by atoms with Gasteiger partial charge in [-0.25, -0.2) is 14.7 Å². The molecule has 2 aromatic heterocycles. The van der Waals surface area contributed by atoms with E-state index in [9.17, 15) is 8.42 Å². The molecule has 10 heteroatoms. The zero-order valence-electron chi connectivity index (χ0n) is 11.9. The molecule has 0 radical (unpaired) electrons. The van der Waals surface area contributed by atoms with Crippen LogP contribution in [0, 0.1) is 6.92 Å². The van der Waals surface area contributed by atoms with Gasteiger partial charge in [-0.1, -0.05) is 12.1 Å². The highest BCUT2D eigenvalue weighted by Crippen LogP contribution is 2.17. The molecule has 0 unspecified atom stereocenters. The van der Waals surface area contributed by atoms with Gasteiger partial charge in [0.2, 0.25) is 11.8 Å². The molecule has 0 atom stereocenters. The van der Waals surface area contributed by atoms with Gasteiger partial charge < -0.3 is 9.73 Å². The summed E-state index contributed by atoms with van der Waals surface area (Å²) < 4.78 is 29.7. The van der Waals surface area contributed by atoms with Crippen LogP contribution in [0.4, 0.5) is 11.8 Å². The highest BCUT2D eigenvalue weighted by molar-refractivity contribution is 8.14. The second kappa shape index (κ2) is 6.01. The fourth-order valence-corrected chi connectivity index (χ4v) is 2.49. The molecule has 2 N–H and O–H groups in total. The van der Waals surface area contributed by atoms with Crippen LogP contribution in [0.3, 0.4) is 0 Å². The Morgan fingerprint density at radius 1 is 1.22 bits per heavy atom. The van der Waals surface area contributed by atoms with E-state index in [1.165, 1.54) is 0 Å². The summed E-state index contributed by atoms with van der Waals surface area (Å²) >= 11 is 0. The van der Waals surface area contributed by atoms with E-state index >= 15 is 0 Å². The van der Waals surface area contributed by atoms with Crippen LogP contribution in [0.5, 0.6) is 0 Å². The lowest BCUT2D eigenvalue weighted by atomic mass is 10.3. The maximum atomic E-state index is 11.0. The van der Waals surface area contributed by atoms with E-state index < -0.39 is 9.24 Å². The van der Waals surface area contributed by atoms with Crippen molar-refractivity contribution in [3.05, 3.63) is 41.9 Å². The summed E-state index contributed by atoms with van der Waals surface area (Å²) in [5.41, 5.74) is 2.03. The van der Waals surface area contributed by atoms with E-state index in [2.05, 4.69) is 20.3 Å². The average molecular weight is 354 g/mol. The van der Waals surface area contributed by atoms with Gasteiger partial charge in [0, 0.05) is 22.4 Å². The van der Waals surface area contributed by atoms with Gasteiger partial charge in [-0.2, -0.15) is 13.4 Å². The standard InChI is InChI=1S/C13H12ClN5O3S/c1-8-6-11(18-13(16-8)19-23(14,20)21)15-7-12-17-9-4-2-3-5-10(9)22-12/h2-6H,7H2,1H3,(H2,15,16,18,19). The maximum Gasteiger partial charge on any atom is 0.321 e. The fourth-order valence-electron chi connectivity index (χ4n) is 1.98. The first kappa shape index (κ1) is 15.5. The van der Waals surface area contributed by atoms with Gasteiger partial charge in [-0.15, -0.1) is 0 Å². The van der Waals surface area contributed by atoms with Gasteiger partial charge in [0.1, 0.15) is 11.3 Å². The Bertz CT molecular complexity index is 924. The van der Waals surface area contributed by atoms with Crippen LogP contribution < -0.4 is 10.0 Å². The minimum Gasteiger partial charge on any atom is -0.439 e. The Labute approximate surface area is 136 Å². The van der Waals surface area contributed by atoms with Crippen molar-refractivity contribution in [3.63, 3.8) is 0 Å². The van der Waals surface area contributed by atoms with Crippen LogP contribution >= 0.6 is 10.7 Å². The minimum absolute atomic E-state index is 0.111. The van der Waals surface area contributed by atoms with Crippen molar-refractivity contribution < 1.29 is 12.8 Å². The molecule has 3 aromatic rings. The molecule has 120 valence electrons. The van der Waals surface area contributed by atoms with Gasteiger partial charge in [-0.05, 0) is 19.1 Å². The highest BCUT2D eigenvalue weighted by atomic mass is 35.7. The van der Waals surface area contributed by atoms with Gasteiger partial charge in [0.15, 0.2) is 5.58 Å². The van der Waals surface area contributed by atoms with E-state index in [1.54, 1.807) is 13.0 Å². The van der Waals surface area contributed by atoms with Crippen molar-refractivity contribution >= 4 is 42.8 Å². The monoisotopic (exact) mass is 353 g/mol. The third-order valence-corrected chi connectivity index (χ3v) is 3.48. The largest absolute Gasteiger partial charge is 0.439 e. The smallest absolute Gasteiger partial charge is 0.321 e. The van der Waals surface area contributed by atoms with Crippen LogP contribution in [0.2, 0.25) is 0 Å². The zero-order valence-corrected chi connectivity index (χ0v) is 13.5. The molecule has 8 nitrogen and oxygen atoms in total. The molecular weight excluding hydrogens is 342 g/mol. The number of anilines is 2. The molecule has 1 aromatic carbocycles. The van der Waals surface area contributed by atoms with Crippen LogP contribution in [0.25, 0.3) is 11.1 Å². The molecule has 0 aliphatic rings. The summed E-state index contributed by atoms with van der Waals surface area (Å²) in [7, 11) is 1.17. The van der Waals surface area contributed by atoms with Gasteiger partial charge in [0.05, 0.1) is 6.54 Å². The quantitative estimate of drug-likeness (QED) is 0.678. The SMILES string of the molecule is Cc1cc(NCc2nc3ccccc3o2)nc(NS(=O)(=O)Cl)n1. The first-order chi connectivity index (χ1) is 10.9. The van der Waals surface area contributed by atoms with Gasteiger partial charge in [-0.3, -0.25) is 0 Å². The normalized spacial score (nSPS) is 11.6. The number of halogens is 1. The molecule has 0 saturated carbocycles. The molecule has 0 amide bonds. The predicted octanol–water partition coefficient (Wildman–Crippen LogP) is 2.43. The van der Waals surface area contributed by atoms with Gasteiger partial charge >= 0.3 is 9.24 Å². The highest BCUT2D eigenvalue weighted by Gasteiger charge is 2.10. The predicted molar refractivity (Wildman–Crippen MR) is 86.5 cm³/mol. The maximum absolute atomic E-state index is 11.0. The number of aryl methyl sites for hydroxylation is 1. The first-order valence-corrected chi connectivity index (χ1v) is 8.86. The number of fused-ring (bicyclic) bond motifs is 1. The molecule has 2 heterocycles. The Morgan fingerprint density at radius 3 is 2.74 bits per heavy atom. The van der Waals surface area contributed by atoms with Crippen molar-refractivity contribution in [1.82, 2.24) is 15.0 Å². The molecule has 3 rings (SSSR count). The van der Waals surface area contributed by atoms with Crippen molar-refractivity contribution in [2.75, 3.05) is 10.0 Å². The van der Waals surface area contributed by atoms with E-state index in [0.717, 1.165) is 5.52 Å². The number of hydrogen-bond acceptors (Lipinski definition) is 7. The summed E-state index contributed by atoms with van der Waals surface area (Å²) in [6, 6.07) is 9.08. The molecule has 0 aliphatic heterocycles. The molecule has 0 aliphatic carbocycles. The topological polar surface area (TPSA) is 110 Å². The lowest BCUT2D eigenvalue weighted by Crippen LogP contribution is -2.10. The number of nitrogens with zero attached hydrogens (tertiary/aromatic N) is 3. The zero-order chi connectivity index (χ0) is 16.4. The summed E-state index contributed by atoms with van der Waals surface area (Å²) in [6.07, 6.45) is 0. The second-order valence-corrected chi connectivity index (χ2v) is 6.99. The van der Waals surface area contributed by atoms with Crippen LogP contribution in [0.1, 0.15) is 11.6 Å². The van der Waals surface area contributed by atoms with E-state index in [0.29, 0.717) is 23.0 Å². The van der Waals surface area contributed by atoms with Crippen molar-refractivity contribution in [2.45, 2.75) is 13.5 Å². The Hall–Kier alpha value is -2.39. The second-order valence-electron chi connectivity index (χ2n) is 4.69. The van der Waals surface area contributed by atoms with Crippen LogP contribution in [-0.2, 0) is 15.8 Å². The third kappa shape index (κ3) is 4.08. The van der Waals surface area contributed by atoms with Gasteiger partial charge in [0.25, 0.3) is 0 Å². The average Bonchev–Trinajstić information content (AvgIpc) is 2.85. The molecule has 0 saturated heterocycles. The van der Waals surface area contributed by atoms with E-state index in [-0.39, 0.29) is 12.5 Å². The van der Waals surface area contributed by atoms with E-state index in [1.807, 2.05) is 29.0 Å². The first-order valence-electron chi connectivity index (χ1n) is 6.55. The van der Waals surface area contributed by atoms with Crippen molar-refractivity contribution in [2.24, 2.45) is 0 Å². The molecule has 0 bridgehead atoms. The van der Waals surface area contributed by atoms with E-state index in [4.69, 9.17) is 15.1 Å². The number of rotatable bonds is 5. The number of benzene rings is 1. The molecular formula is C13H12ClN5O3S. The minimum atomic E-state index is -3.96. The Kier molecular flexibility index (Phi) is 4.05. The molecule has 23 heavy (non-hydrogen) atoms. The molecule has 0 fully saturated rings. The number of nitrogens with one attached hydrogen (secondary N) is 2. The molecule has 0 spiro atoms. The van der Waals surface area contributed by atoms with Crippen molar-refractivity contribution in [3.8, 4) is 0 Å².